The molecule has 1 aliphatic heterocycles. The number of aromatic nitrogens is 5. The van der Waals surface area contributed by atoms with Crippen LogP contribution in [0.3, 0.4) is 0 Å². The van der Waals surface area contributed by atoms with E-state index < -0.39 is 5.60 Å². The van der Waals surface area contributed by atoms with Gasteiger partial charge in [0.1, 0.15) is 17.1 Å². The zero-order chi connectivity index (χ0) is 15.9. The number of likely N-dealkylation sites (tertiary alicyclic amines) is 1. The van der Waals surface area contributed by atoms with Crippen LogP contribution in [0, 0.1) is 0 Å². The van der Waals surface area contributed by atoms with Crippen molar-refractivity contribution in [1.82, 2.24) is 29.9 Å². The fourth-order valence-corrected chi connectivity index (χ4v) is 3.43. The third-order valence-corrected chi connectivity index (χ3v) is 4.69. The van der Waals surface area contributed by atoms with E-state index in [1.807, 2.05) is 25.2 Å². The first kappa shape index (κ1) is 14.3. The Bertz CT molecular complexity index is 811. The standard InChI is InChI=1S/C16H20N6O/c1-21-13-6-3-2-5-12(13)18-15(21)10-22-8-4-7-16(23,11-22)14-9-17-20-19-14/h2-3,5-6,9,23H,4,7-8,10-11H2,1H3,(H,17,19,20)/t16-/m1/s1. The smallest absolute Gasteiger partial charge is 0.123 e. The van der Waals surface area contributed by atoms with Gasteiger partial charge in [0.25, 0.3) is 0 Å². The number of nitrogens with one attached hydrogen (secondary N) is 1. The molecule has 0 aliphatic carbocycles. The summed E-state index contributed by atoms with van der Waals surface area (Å²) in [4.78, 5) is 6.96. The average Bonchev–Trinajstić information content (AvgIpc) is 3.18. The molecule has 0 radical (unpaired) electrons. The van der Waals surface area contributed by atoms with Crippen molar-refractivity contribution in [3.63, 3.8) is 0 Å². The highest BCUT2D eigenvalue weighted by Gasteiger charge is 2.37. The van der Waals surface area contributed by atoms with E-state index in [1.165, 1.54) is 0 Å². The third-order valence-electron chi connectivity index (χ3n) is 4.69. The number of aryl methyl sites for hydroxylation is 1. The Morgan fingerprint density at radius 2 is 2.22 bits per heavy atom. The normalized spacial score (nSPS) is 22.7. The van der Waals surface area contributed by atoms with Crippen LogP contribution >= 0.6 is 0 Å². The van der Waals surface area contributed by atoms with Crippen LogP contribution in [-0.2, 0) is 19.2 Å². The minimum Gasteiger partial charge on any atom is -0.382 e. The van der Waals surface area contributed by atoms with E-state index in [0.717, 1.165) is 29.8 Å². The number of aliphatic hydroxyl groups is 1. The number of para-hydroxylation sites is 2. The number of imidazole rings is 1. The molecule has 1 aliphatic rings. The summed E-state index contributed by atoms with van der Waals surface area (Å²) in [5, 5.41) is 21.4. The molecule has 1 fully saturated rings. The van der Waals surface area contributed by atoms with Gasteiger partial charge in [-0.05, 0) is 31.5 Å². The molecule has 1 saturated heterocycles. The van der Waals surface area contributed by atoms with Gasteiger partial charge in [0.05, 0.1) is 23.8 Å². The molecule has 1 atom stereocenters. The molecular formula is C16H20N6O. The Labute approximate surface area is 133 Å². The van der Waals surface area contributed by atoms with Crippen LogP contribution in [0.4, 0.5) is 0 Å². The van der Waals surface area contributed by atoms with Crippen LogP contribution in [0.5, 0.6) is 0 Å². The third kappa shape index (κ3) is 2.51. The van der Waals surface area contributed by atoms with Crippen LogP contribution < -0.4 is 0 Å². The van der Waals surface area contributed by atoms with Crippen LogP contribution in [-0.4, -0.2) is 48.1 Å². The van der Waals surface area contributed by atoms with Crippen molar-refractivity contribution >= 4 is 11.0 Å². The number of rotatable bonds is 3. The summed E-state index contributed by atoms with van der Waals surface area (Å²) in [5.74, 6) is 1.01. The molecule has 0 amide bonds. The molecule has 4 rings (SSSR count). The first-order chi connectivity index (χ1) is 11.2. The highest BCUT2D eigenvalue weighted by atomic mass is 16.3. The van der Waals surface area contributed by atoms with Crippen LogP contribution in [0.15, 0.2) is 30.5 Å². The summed E-state index contributed by atoms with van der Waals surface area (Å²) in [6.07, 6.45) is 3.24. The lowest BCUT2D eigenvalue weighted by molar-refractivity contribution is -0.0421. The first-order valence-corrected chi connectivity index (χ1v) is 7.87. The molecule has 7 heteroatoms. The number of fused-ring (bicyclic) bond motifs is 1. The van der Waals surface area contributed by atoms with Gasteiger partial charge in [-0.25, -0.2) is 4.98 Å². The molecule has 0 spiro atoms. The van der Waals surface area contributed by atoms with Crippen LogP contribution in [0.25, 0.3) is 11.0 Å². The minimum atomic E-state index is -0.935. The molecule has 0 bridgehead atoms. The maximum atomic E-state index is 10.9. The average molecular weight is 312 g/mol. The second-order valence-electron chi connectivity index (χ2n) is 6.28. The second kappa shape index (κ2) is 5.43. The summed E-state index contributed by atoms with van der Waals surface area (Å²) in [6, 6.07) is 8.13. The number of benzene rings is 1. The number of nitrogens with zero attached hydrogens (tertiary/aromatic N) is 5. The Balaban J connectivity index is 1.57. The molecule has 2 N–H and O–H groups in total. The predicted molar refractivity (Wildman–Crippen MR) is 85.5 cm³/mol. The first-order valence-electron chi connectivity index (χ1n) is 7.87. The van der Waals surface area contributed by atoms with Gasteiger partial charge in [-0.15, -0.1) is 0 Å². The number of hydrogen-bond acceptors (Lipinski definition) is 5. The molecule has 0 unspecified atom stereocenters. The number of aromatic amines is 1. The van der Waals surface area contributed by atoms with Gasteiger partial charge in [0.15, 0.2) is 0 Å². The summed E-state index contributed by atoms with van der Waals surface area (Å²) in [5.41, 5.74) is 1.82. The van der Waals surface area contributed by atoms with Crippen molar-refractivity contribution in [2.45, 2.75) is 25.0 Å². The van der Waals surface area contributed by atoms with Crippen molar-refractivity contribution in [3.8, 4) is 0 Å². The van der Waals surface area contributed by atoms with Crippen molar-refractivity contribution in [1.29, 1.82) is 0 Å². The number of β-amino-alcohol motifs (C(OH)–C–C–N with tert-alkyl or cyclic N) is 1. The van der Waals surface area contributed by atoms with E-state index in [9.17, 15) is 5.11 Å². The van der Waals surface area contributed by atoms with E-state index in [4.69, 9.17) is 4.98 Å². The van der Waals surface area contributed by atoms with Crippen molar-refractivity contribution in [2.75, 3.05) is 13.1 Å². The van der Waals surface area contributed by atoms with Gasteiger partial charge in [-0.1, -0.05) is 12.1 Å². The van der Waals surface area contributed by atoms with Gasteiger partial charge < -0.3 is 9.67 Å². The van der Waals surface area contributed by atoms with Gasteiger partial charge in [0.2, 0.25) is 0 Å². The van der Waals surface area contributed by atoms with Crippen molar-refractivity contribution in [2.24, 2.45) is 7.05 Å². The summed E-state index contributed by atoms with van der Waals surface area (Å²) >= 11 is 0. The largest absolute Gasteiger partial charge is 0.382 e. The number of hydrogen-bond donors (Lipinski definition) is 2. The monoisotopic (exact) mass is 312 g/mol. The molecule has 7 nitrogen and oxygen atoms in total. The maximum Gasteiger partial charge on any atom is 0.123 e. The molecule has 120 valence electrons. The molecule has 3 heterocycles. The summed E-state index contributed by atoms with van der Waals surface area (Å²) < 4.78 is 2.12. The quantitative estimate of drug-likeness (QED) is 0.759. The Morgan fingerprint density at radius 3 is 3.00 bits per heavy atom. The fraction of sp³-hybridized carbons (Fsp3) is 0.438. The van der Waals surface area contributed by atoms with E-state index in [-0.39, 0.29) is 0 Å². The summed E-state index contributed by atoms with van der Waals surface area (Å²) in [6.45, 7) is 2.21. The molecule has 23 heavy (non-hydrogen) atoms. The SMILES string of the molecule is Cn1c(CN2CCC[C@](O)(c3cn[nH]n3)C2)nc2ccccc21. The lowest BCUT2D eigenvalue weighted by Gasteiger charge is -2.37. The topological polar surface area (TPSA) is 82.9 Å². The number of piperidine rings is 1. The number of H-pyrrole nitrogens is 1. The molecule has 2 aromatic heterocycles. The molecule has 3 aromatic rings. The lowest BCUT2D eigenvalue weighted by Crippen LogP contribution is -2.46. The predicted octanol–water partition coefficient (Wildman–Crippen LogP) is 1.17. The highest BCUT2D eigenvalue weighted by Crippen LogP contribution is 2.30. The molecule has 0 saturated carbocycles. The molecular weight excluding hydrogens is 292 g/mol. The van der Waals surface area contributed by atoms with E-state index in [0.29, 0.717) is 25.2 Å². The summed E-state index contributed by atoms with van der Waals surface area (Å²) in [7, 11) is 2.04. The van der Waals surface area contributed by atoms with Crippen molar-refractivity contribution in [3.05, 3.63) is 42.0 Å². The minimum absolute atomic E-state index is 0.544. The zero-order valence-corrected chi connectivity index (χ0v) is 13.1. The zero-order valence-electron chi connectivity index (χ0n) is 13.1. The Hall–Kier alpha value is -2.25. The van der Waals surface area contributed by atoms with Gasteiger partial charge >= 0.3 is 0 Å². The fourth-order valence-electron chi connectivity index (χ4n) is 3.43. The Kier molecular flexibility index (Phi) is 3.39. The van der Waals surface area contributed by atoms with Crippen LogP contribution in [0.2, 0.25) is 0 Å². The van der Waals surface area contributed by atoms with Crippen molar-refractivity contribution < 1.29 is 5.11 Å². The van der Waals surface area contributed by atoms with Gasteiger partial charge in [0, 0.05) is 13.6 Å². The second-order valence-corrected chi connectivity index (χ2v) is 6.28. The van der Waals surface area contributed by atoms with E-state index in [2.05, 4.69) is 30.9 Å². The van der Waals surface area contributed by atoms with E-state index >= 15 is 0 Å². The Morgan fingerprint density at radius 1 is 1.35 bits per heavy atom. The maximum absolute atomic E-state index is 10.9. The molecule has 1 aromatic carbocycles. The lowest BCUT2D eigenvalue weighted by atomic mass is 9.90. The van der Waals surface area contributed by atoms with Gasteiger partial charge in [-0.3, -0.25) is 4.90 Å². The van der Waals surface area contributed by atoms with E-state index in [1.54, 1.807) is 6.20 Å². The van der Waals surface area contributed by atoms with Gasteiger partial charge in [-0.2, -0.15) is 15.4 Å². The van der Waals surface area contributed by atoms with Crippen LogP contribution in [0.1, 0.15) is 24.4 Å². The highest BCUT2D eigenvalue weighted by molar-refractivity contribution is 5.75.